The third-order valence-corrected chi connectivity index (χ3v) is 8.13. The van der Waals surface area contributed by atoms with Crippen molar-refractivity contribution in [3.05, 3.63) is 23.2 Å². The molecule has 8 heteroatoms. The minimum atomic E-state index is -0.305. The van der Waals surface area contributed by atoms with Crippen LogP contribution in [0.1, 0.15) is 58.8 Å². The third-order valence-electron chi connectivity index (χ3n) is 7.83. The zero-order chi connectivity index (χ0) is 24.3. The van der Waals surface area contributed by atoms with Crippen molar-refractivity contribution in [3.63, 3.8) is 0 Å². The van der Waals surface area contributed by atoms with Gasteiger partial charge in [-0.25, -0.2) is 0 Å². The molecule has 0 aliphatic heterocycles. The van der Waals surface area contributed by atoms with Crippen molar-refractivity contribution in [2.75, 3.05) is 31.6 Å². The molecule has 4 saturated carbocycles. The van der Waals surface area contributed by atoms with Gasteiger partial charge in [-0.3, -0.25) is 14.4 Å². The van der Waals surface area contributed by atoms with Gasteiger partial charge in [-0.15, -0.1) is 0 Å². The van der Waals surface area contributed by atoms with E-state index in [1.165, 1.54) is 38.5 Å². The lowest BCUT2D eigenvalue weighted by atomic mass is 9.49. The molecule has 4 fully saturated rings. The molecule has 4 bridgehead atoms. The number of rotatable bonds is 10. The van der Waals surface area contributed by atoms with E-state index in [0.29, 0.717) is 36.0 Å². The predicted molar refractivity (Wildman–Crippen MR) is 132 cm³/mol. The van der Waals surface area contributed by atoms with Crippen LogP contribution >= 0.6 is 11.6 Å². The summed E-state index contributed by atoms with van der Waals surface area (Å²) in [7, 11) is 0. The Labute approximate surface area is 206 Å². The number of halogens is 1. The molecule has 7 nitrogen and oxygen atoms in total. The van der Waals surface area contributed by atoms with Gasteiger partial charge in [0.2, 0.25) is 11.8 Å². The Morgan fingerprint density at radius 3 is 2.21 bits per heavy atom. The molecule has 0 radical (unpaired) electrons. The number of hydrogen-bond donors (Lipinski definition) is 2. The van der Waals surface area contributed by atoms with E-state index >= 15 is 0 Å². The summed E-state index contributed by atoms with van der Waals surface area (Å²) in [5.41, 5.74) is 0.665. The largest absolute Gasteiger partial charge is 0.482 e. The smallest absolute Gasteiger partial charge is 0.260 e. The number of amides is 3. The van der Waals surface area contributed by atoms with E-state index in [2.05, 4.69) is 10.6 Å². The summed E-state index contributed by atoms with van der Waals surface area (Å²) in [5, 5.41) is 5.87. The summed E-state index contributed by atoms with van der Waals surface area (Å²) in [5.74, 6) is 2.34. The van der Waals surface area contributed by atoms with Gasteiger partial charge >= 0.3 is 0 Å². The Bertz CT molecular complexity index is 895. The normalized spacial score (nSPS) is 26.7. The SMILES string of the molecule is CCN(CC)C(=O)COc1ccc(NC(=O)CNC(=O)CC23CC4CC(CC(C4)C2)C3)cc1Cl. The summed E-state index contributed by atoms with van der Waals surface area (Å²) in [4.78, 5) is 38.8. The average molecular weight is 490 g/mol. The van der Waals surface area contributed by atoms with E-state index in [-0.39, 0.29) is 36.3 Å². The number of likely N-dealkylation sites (N-methyl/N-ethyl adjacent to an activating group) is 1. The van der Waals surface area contributed by atoms with Crippen LogP contribution in [0, 0.1) is 23.2 Å². The highest BCUT2D eigenvalue weighted by molar-refractivity contribution is 6.32. The Hall–Kier alpha value is -2.28. The molecule has 1 aromatic carbocycles. The fourth-order valence-electron chi connectivity index (χ4n) is 6.80. The first kappa shape index (κ1) is 24.8. The maximum atomic E-state index is 12.6. The molecule has 4 aliphatic rings. The molecule has 5 rings (SSSR count). The highest BCUT2D eigenvalue weighted by Gasteiger charge is 2.51. The standard InChI is InChI=1S/C26H36ClN3O4/c1-3-30(4-2)25(33)16-34-22-6-5-20(10-21(22)27)29-24(32)15-28-23(31)14-26-11-17-7-18(12-26)9-19(8-17)13-26/h5-6,10,17-19H,3-4,7-9,11-16H2,1-2H3,(H,28,31)(H,29,32). The van der Waals surface area contributed by atoms with Gasteiger partial charge in [0.05, 0.1) is 11.6 Å². The van der Waals surface area contributed by atoms with Gasteiger partial charge in [0.25, 0.3) is 5.91 Å². The van der Waals surface area contributed by atoms with Crippen LogP contribution in [0.25, 0.3) is 0 Å². The average Bonchev–Trinajstić information content (AvgIpc) is 2.77. The quantitative estimate of drug-likeness (QED) is 0.514. The molecule has 2 N–H and O–H groups in total. The van der Waals surface area contributed by atoms with Crippen molar-refractivity contribution in [1.29, 1.82) is 0 Å². The van der Waals surface area contributed by atoms with E-state index in [0.717, 1.165) is 17.8 Å². The zero-order valence-corrected chi connectivity index (χ0v) is 21.0. The fraction of sp³-hybridized carbons (Fsp3) is 0.654. The number of nitrogens with one attached hydrogen (secondary N) is 2. The molecule has 1 aromatic rings. The van der Waals surface area contributed by atoms with E-state index in [9.17, 15) is 14.4 Å². The Balaban J connectivity index is 1.22. The monoisotopic (exact) mass is 489 g/mol. The molecular formula is C26H36ClN3O4. The molecular weight excluding hydrogens is 454 g/mol. The molecule has 0 aromatic heterocycles. The van der Waals surface area contributed by atoms with Crippen LogP contribution in [0.4, 0.5) is 5.69 Å². The van der Waals surface area contributed by atoms with Crippen LogP contribution in [0.2, 0.25) is 5.02 Å². The van der Waals surface area contributed by atoms with Gasteiger partial charge in [0.1, 0.15) is 5.75 Å². The first-order chi connectivity index (χ1) is 16.3. The second kappa shape index (κ2) is 10.5. The summed E-state index contributed by atoms with van der Waals surface area (Å²) < 4.78 is 5.54. The minimum absolute atomic E-state index is 0.0308. The second-order valence-corrected chi connectivity index (χ2v) is 10.8. The Morgan fingerprint density at radius 1 is 1.03 bits per heavy atom. The number of nitrogens with zero attached hydrogens (tertiary/aromatic N) is 1. The van der Waals surface area contributed by atoms with Gasteiger partial charge < -0.3 is 20.3 Å². The number of ether oxygens (including phenoxy) is 1. The van der Waals surface area contributed by atoms with E-state index in [4.69, 9.17) is 16.3 Å². The molecule has 0 unspecified atom stereocenters. The third kappa shape index (κ3) is 5.85. The van der Waals surface area contributed by atoms with Gasteiger partial charge in [-0.2, -0.15) is 0 Å². The zero-order valence-electron chi connectivity index (χ0n) is 20.2. The van der Waals surface area contributed by atoms with Gasteiger partial charge in [0.15, 0.2) is 6.61 Å². The maximum absolute atomic E-state index is 12.6. The van der Waals surface area contributed by atoms with Crippen LogP contribution in [0.15, 0.2) is 18.2 Å². The highest BCUT2D eigenvalue weighted by Crippen LogP contribution is 2.61. The van der Waals surface area contributed by atoms with Crippen molar-refractivity contribution < 1.29 is 19.1 Å². The van der Waals surface area contributed by atoms with Crippen LogP contribution in [-0.2, 0) is 14.4 Å². The summed E-state index contributed by atoms with van der Waals surface area (Å²) in [6, 6.07) is 4.87. The Kier molecular flexibility index (Phi) is 7.70. The van der Waals surface area contributed by atoms with Crippen LogP contribution in [0.3, 0.4) is 0 Å². The van der Waals surface area contributed by atoms with E-state index in [1.54, 1.807) is 23.1 Å². The molecule has 0 heterocycles. The topological polar surface area (TPSA) is 87.7 Å². The van der Waals surface area contributed by atoms with Crippen molar-refractivity contribution in [2.45, 2.75) is 58.8 Å². The Morgan fingerprint density at radius 2 is 1.65 bits per heavy atom. The minimum Gasteiger partial charge on any atom is -0.482 e. The van der Waals surface area contributed by atoms with Crippen LogP contribution < -0.4 is 15.4 Å². The lowest BCUT2D eigenvalue weighted by molar-refractivity contribution is -0.133. The van der Waals surface area contributed by atoms with Crippen molar-refractivity contribution in [1.82, 2.24) is 10.2 Å². The number of hydrogen-bond acceptors (Lipinski definition) is 4. The summed E-state index contributed by atoms with van der Waals surface area (Å²) >= 11 is 6.27. The summed E-state index contributed by atoms with van der Waals surface area (Å²) in [6.45, 7) is 4.91. The lowest BCUT2D eigenvalue weighted by Crippen LogP contribution is -2.48. The van der Waals surface area contributed by atoms with Crippen molar-refractivity contribution in [2.24, 2.45) is 23.2 Å². The van der Waals surface area contributed by atoms with E-state index < -0.39 is 0 Å². The molecule has 3 amide bonds. The van der Waals surface area contributed by atoms with Gasteiger partial charge in [-0.1, -0.05) is 11.6 Å². The molecule has 34 heavy (non-hydrogen) atoms. The van der Waals surface area contributed by atoms with Crippen molar-refractivity contribution >= 4 is 35.0 Å². The number of carbonyl (C=O) groups is 3. The lowest BCUT2D eigenvalue weighted by Gasteiger charge is -2.56. The van der Waals surface area contributed by atoms with Crippen molar-refractivity contribution in [3.8, 4) is 5.75 Å². The number of carbonyl (C=O) groups excluding carboxylic acids is 3. The maximum Gasteiger partial charge on any atom is 0.260 e. The second-order valence-electron chi connectivity index (χ2n) is 10.4. The van der Waals surface area contributed by atoms with Gasteiger partial charge in [-0.05, 0) is 93.7 Å². The molecule has 0 atom stereocenters. The first-order valence-electron chi connectivity index (χ1n) is 12.6. The molecule has 186 valence electrons. The number of anilines is 1. The van der Waals surface area contributed by atoms with Gasteiger partial charge in [0, 0.05) is 25.2 Å². The predicted octanol–water partition coefficient (Wildman–Crippen LogP) is 4.25. The van der Waals surface area contributed by atoms with Crippen LogP contribution in [0.5, 0.6) is 5.75 Å². The fourth-order valence-corrected chi connectivity index (χ4v) is 7.03. The highest BCUT2D eigenvalue weighted by atomic mass is 35.5. The molecule has 4 aliphatic carbocycles. The van der Waals surface area contributed by atoms with E-state index in [1.807, 2.05) is 13.8 Å². The number of benzene rings is 1. The first-order valence-corrected chi connectivity index (χ1v) is 12.9. The molecule has 0 saturated heterocycles. The van der Waals surface area contributed by atoms with Crippen LogP contribution in [-0.4, -0.2) is 48.9 Å². The summed E-state index contributed by atoms with van der Waals surface area (Å²) in [6.07, 6.45) is 8.10. The molecule has 0 spiro atoms.